The number of benzene rings is 1. The molecule has 0 spiro atoms. The van der Waals surface area contributed by atoms with Gasteiger partial charge in [-0.15, -0.1) is 0 Å². The van der Waals surface area contributed by atoms with Gasteiger partial charge in [0.05, 0.1) is 11.4 Å². The van der Waals surface area contributed by atoms with Crippen LogP contribution in [0.5, 0.6) is 0 Å². The lowest BCUT2D eigenvalue weighted by Gasteiger charge is -2.07. The number of aromatic amines is 1. The quantitative estimate of drug-likeness (QED) is 0.811. The predicted molar refractivity (Wildman–Crippen MR) is 71.3 cm³/mol. The molecule has 112 valence electrons. The first-order chi connectivity index (χ1) is 9.93. The lowest BCUT2D eigenvalue weighted by molar-refractivity contribution is 0.102. The zero-order chi connectivity index (χ0) is 15.6. The van der Waals surface area contributed by atoms with Crippen LogP contribution in [0, 0.1) is 17.5 Å². The molecule has 0 aliphatic heterocycles. The van der Waals surface area contributed by atoms with E-state index in [1.165, 1.54) is 0 Å². The van der Waals surface area contributed by atoms with Gasteiger partial charge in [0.15, 0.2) is 17.3 Å². The lowest BCUT2D eigenvalue weighted by atomic mass is 10.2. The molecule has 0 unspecified atom stereocenters. The minimum absolute atomic E-state index is 0.122. The molecule has 0 aliphatic rings. The number of amides is 1. The number of rotatable bonds is 4. The summed E-state index contributed by atoms with van der Waals surface area (Å²) in [5.74, 6) is -4.39. The summed E-state index contributed by atoms with van der Waals surface area (Å²) in [6.45, 7) is 1.92. The van der Waals surface area contributed by atoms with Gasteiger partial charge >= 0.3 is 0 Å². The molecule has 0 fully saturated rings. The highest BCUT2D eigenvalue weighted by atomic mass is 19.1. The van der Waals surface area contributed by atoms with Crippen LogP contribution in [-0.4, -0.2) is 16.1 Å². The molecule has 21 heavy (non-hydrogen) atoms. The summed E-state index contributed by atoms with van der Waals surface area (Å²) in [5, 5.41) is 8.32. The standard InChI is InChI=1S/C13H13F3N4O/c1-2-3-9-10(17)12(20-19-9)13(21)18-11-7(15)4-6(14)5-8(11)16/h4-5H,2-3,17H2,1H3,(H,18,21)(H,19,20). The number of nitrogens with one attached hydrogen (secondary N) is 2. The van der Waals surface area contributed by atoms with E-state index in [4.69, 9.17) is 5.73 Å². The molecule has 5 nitrogen and oxygen atoms in total. The van der Waals surface area contributed by atoms with E-state index < -0.39 is 29.0 Å². The van der Waals surface area contributed by atoms with Crippen LogP contribution in [0.1, 0.15) is 29.5 Å². The van der Waals surface area contributed by atoms with Crippen LogP contribution in [0.15, 0.2) is 12.1 Å². The van der Waals surface area contributed by atoms with Crippen molar-refractivity contribution in [2.45, 2.75) is 19.8 Å². The second-order valence-electron chi connectivity index (χ2n) is 4.41. The normalized spacial score (nSPS) is 10.7. The number of anilines is 2. The van der Waals surface area contributed by atoms with Crippen molar-refractivity contribution in [3.63, 3.8) is 0 Å². The summed E-state index contributed by atoms with van der Waals surface area (Å²) in [7, 11) is 0. The third kappa shape index (κ3) is 2.99. The zero-order valence-corrected chi connectivity index (χ0v) is 11.1. The van der Waals surface area contributed by atoms with E-state index >= 15 is 0 Å². The van der Waals surface area contributed by atoms with Crippen LogP contribution in [0.2, 0.25) is 0 Å². The van der Waals surface area contributed by atoms with Gasteiger partial charge in [0.25, 0.3) is 5.91 Å². The molecular weight excluding hydrogens is 285 g/mol. The van der Waals surface area contributed by atoms with Crippen LogP contribution in [0.3, 0.4) is 0 Å². The maximum atomic E-state index is 13.5. The Kier molecular flexibility index (Phi) is 4.15. The zero-order valence-electron chi connectivity index (χ0n) is 11.1. The molecule has 1 aromatic heterocycles. The van der Waals surface area contributed by atoms with Crippen LogP contribution >= 0.6 is 0 Å². The third-order valence-corrected chi connectivity index (χ3v) is 2.84. The molecular formula is C13H13F3N4O. The highest BCUT2D eigenvalue weighted by Gasteiger charge is 2.20. The van der Waals surface area contributed by atoms with E-state index in [0.29, 0.717) is 24.2 Å². The number of nitrogens with zero attached hydrogens (tertiary/aromatic N) is 1. The number of aryl methyl sites for hydroxylation is 1. The van der Waals surface area contributed by atoms with Crippen molar-refractivity contribution in [1.82, 2.24) is 10.2 Å². The Morgan fingerprint density at radius 3 is 2.52 bits per heavy atom. The molecule has 1 amide bonds. The van der Waals surface area contributed by atoms with E-state index in [1.807, 2.05) is 12.2 Å². The van der Waals surface area contributed by atoms with E-state index in [1.54, 1.807) is 0 Å². The Morgan fingerprint density at radius 2 is 1.95 bits per heavy atom. The van der Waals surface area contributed by atoms with Crippen molar-refractivity contribution in [2.24, 2.45) is 0 Å². The summed E-state index contributed by atoms with van der Waals surface area (Å²) in [6, 6.07) is 0.935. The number of carbonyl (C=O) groups is 1. The smallest absolute Gasteiger partial charge is 0.278 e. The van der Waals surface area contributed by atoms with Gasteiger partial charge in [-0.25, -0.2) is 13.2 Å². The molecule has 1 heterocycles. The number of carbonyl (C=O) groups excluding carboxylic acids is 1. The molecule has 0 saturated heterocycles. The first-order valence-corrected chi connectivity index (χ1v) is 6.22. The molecule has 2 aromatic rings. The highest BCUT2D eigenvalue weighted by Crippen LogP contribution is 2.22. The van der Waals surface area contributed by atoms with Crippen LogP contribution in [0.4, 0.5) is 24.5 Å². The number of H-pyrrole nitrogens is 1. The average molecular weight is 298 g/mol. The van der Waals surface area contributed by atoms with Crippen molar-refractivity contribution in [3.05, 3.63) is 41.0 Å². The maximum absolute atomic E-state index is 13.5. The van der Waals surface area contributed by atoms with Crippen LogP contribution in [0.25, 0.3) is 0 Å². The molecule has 8 heteroatoms. The Hall–Kier alpha value is -2.51. The molecule has 1 aromatic carbocycles. The van der Waals surface area contributed by atoms with Gasteiger partial charge in [-0.2, -0.15) is 5.10 Å². The van der Waals surface area contributed by atoms with E-state index in [9.17, 15) is 18.0 Å². The van der Waals surface area contributed by atoms with E-state index in [-0.39, 0.29) is 11.4 Å². The van der Waals surface area contributed by atoms with Crippen molar-refractivity contribution >= 4 is 17.3 Å². The van der Waals surface area contributed by atoms with Gasteiger partial charge in [-0.3, -0.25) is 9.89 Å². The van der Waals surface area contributed by atoms with Gasteiger partial charge in [0.1, 0.15) is 11.5 Å². The Bertz CT molecular complexity index is 661. The predicted octanol–water partition coefficient (Wildman–Crippen LogP) is 2.61. The largest absolute Gasteiger partial charge is 0.395 e. The summed E-state index contributed by atoms with van der Waals surface area (Å²) < 4.78 is 39.7. The molecule has 4 N–H and O–H groups in total. The summed E-state index contributed by atoms with van der Waals surface area (Å²) in [4.78, 5) is 11.9. The van der Waals surface area contributed by atoms with Gasteiger partial charge < -0.3 is 11.1 Å². The van der Waals surface area contributed by atoms with Crippen molar-refractivity contribution in [3.8, 4) is 0 Å². The van der Waals surface area contributed by atoms with Crippen molar-refractivity contribution in [2.75, 3.05) is 11.1 Å². The van der Waals surface area contributed by atoms with Crippen molar-refractivity contribution < 1.29 is 18.0 Å². The fraction of sp³-hybridized carbons (Fsp3) is 0.231. The summed E-state index contributed by atoms with van der Waals surface area (Å²) in [6.07, 6.45) is 1.38. The van der Waals surface area contributed by atoms with Crippen molar-refractivity contribution in [1.29, 1.82) is 0 Å². The fourth-order valence-corrected chi connectivity index (χ4v) is 1.83. The first kappa shape index (κ1) is 14.9. The Balaban J connectivity index is 2.27. The van der Waals surface area contributed by atoms with Crippen LogP contribution in [-0.2, 0) is 6.42 Å². The molecule has 2 rings (SSSR count). The van der Waals surface area contributed by atoms with Crippen LogP contribution < -0.4 is 11.1 Å². The summed E-state index contributed by atoms with van der Waals surface area (Å²) in [5.41, 5.74) is 5.52. The topological polar surface area (TPSA) is 83.8 Å². The average Bonchev–Trinajstić information content (AvgIpc) is 2.76. The molecule has 0 atom stereocenters. The minimum Gasteiger partial charge on any atom is -0.395 e. The maximum Gasteiger partial charge on any atom is 0.278 e. The molecule has 0 saturated carbocycles. The minimum atomic E-state index is -1.22. The van der Waals surface area contributed by atoms with Gasteiger partial charge in [0, 0.05) is 12.1 Å². The summed E-state index contributed by atoms with van der Waals surface area (Å²) >= 11 is 0. The SMILES string of the molecule is CCCc1[nH]nc(C(=O)Nc2c(F)cc(F)cc2F)c1N. The molecule has 0 bridgehead atoms. The first-order valence-electron chi connectivity index (χ1n) is 6.22. The highest BCUT2D eigenvalue weighted by molar-refractivity contribution is 6.06. The number of hydrogen-bond donors (Lipinski definition) is 3. The van der Waals surface area contributed by atoms with Gasteiger partial charge in [-0.1, -0.05) is 13.3 Å². The number of hydrogen-bond acceptors (Lipinski definition) is 3. The number of nitrogens with two attached hydrogens (primary N) is 1. The van der Waals surface area contributed by atoms with E-state index in [2.05, 4.69) is 10.2 Å². The van der Waals surface area contributed by atoms with E-state index in [0.717, 1.165) is 6.42 Å². The lowest BCUT2D eigenvalue weighted by Crippen LogP contribution is -2.16. The number of halogens is 3. The third-order valence-electron chi connectivity index (χ3n) is 2.84. The fourth-order valence-electron chi connectivity index (χ4n) is 1.83. The van der Waals surface area contributed by atoms with Gasteiger partial charge in [-0.05, 0) is 6.42 Å². The second kappa shape index (κ2) is 5.86. The Labute approximate surface area is 118 Å². The second-order valence-corrected chi connectivity index (χ2v) is 4.41. The molecule has 0 radical (unpaired) electrons. The monoisotopic (exact) mass is 298 g/mol. The van der Waals surface area contributed by atoms with Gasteiger partial charge in [0.2, 0.25) is 0 Å². The number of nitrogen functional groups attached to an aromatic ring is 1. The number of aromatic nitrogens is 2. The Morgan fingerprint density at radius 1 is 1.33 bits per heavy atom. The molecule has 0 aliphatic carbocycles.